The Morgan fingerprint density at radius 3 is 2.52 bits per heavy atom. The van der Waals surface area contributed by atoms with E-state index >= 15 is 0 Å². The van der Waals surface area contributed by atoms with Crippen molar-refractivity contribution in [1.82, 2.24) is 0 Å². The first-order chi connectivity index (χ1) is 13.6. The smallest absolute Gasteiger partial charge is 0.265 e. The number of carbonyl (C=O) groups excluding carboxylic acids is 1. The molecule has 1 amide bonds. The van der Waals surface area contributed by atoms with E-state index in [4.69, 9.17) is 4.74 Å². The van der Waals surface area contributed by atoms with Gasteiger partial charge < -0.3 is 9.64 Å². The summed E-state index contributed by atoms with van der Waals surface area (Å²) in [7, 11) is -2.40. The fourth-order valence-corrected chi connectivity index (χ4v) is 4.69. The number of methoxy groups -OCH3 is 1. The number of rotatable bonds is 5. The predicted octanol–water partition coefficient (Wildman–Crippen LogP) is 3.99. The fraction of sp³-hybridized carbons (Fsp3) is 0.409. The summed E-state index contributed by atoms with van der Waals surface area (Å²) in [6.07, 6.45) is 1.48. The van der Waals surface area contributed by atoms with Crippen LogP contribution in [-0.4, -0.2) is 28.0 Å². The van der Waals surface area contributed by atoms with Gasteiger partial charge in [0.05, 0.1) is 12.8 Å². The van der Waals surface area contributed by atoms with Crippen LogP contribution < -0.4 is 14.4 Å². The lowest BCUT2D eigenvalue weighted by molar-refractivity contribution is -0.125. The van der Waals surface area contributed by atoms with Crippen molar-refractivity contribution in [2.24, 2.45) is 5.41 Å². The van der Waals surface area contributed by atoms with Crippen LogP contribution in [0.1, 0.15) is 38.8 Å². The molecule has 0 radical (unpaired) electrons. The number of benzene rings is 2. The maximum absolute atomic E-state index is 13.1. The zero-order valence-corrected chi connectivity index (χ0v) is 18.4. The molecule has 0 spiro atoms. The number of hydrogen-bond acceptors (Lipinski definition) is 4. The highest BCUT2D eigenvalue weighted by Crippen LogP contribution is 2.35. The lowest BCUT2D eigenvalue weighted by atomic mass is 9.94. The highest BCUT2D eigenvalue weighted by atomic mass is 32.2. The van der Waals surface area contributed by atoms with E-state index in [9.17, 15) is 13.2 Å². The summed E-state index contributed by atoms with van der Waals surface area (Å²) in [4.78, 5) is 14.6. The number of fused-ring (bicyclic) bond motifs is 1. The van der Waals surface area contributed by atoms with E-state index in [0.29, 0.717) is 18.0 Å². The van der Waals surface area contributed by atoms with Gasteiger partial charge in [-0.1, -0.05) is 39.8 Å². The number of carbonyl (C=O) groups is 1. The first-order valence-electron chi connectivity index (χ1n) is 9.71. The van der Waals surface area contributed by atoms with E-state index in [1.807, 2.05) is 39.8 Å². The van der Waals surface area contributed by atoms with E-state index in [2.05, 4.69) is 4.72 Å². The Morgan fingerprint density at radius 1 is 1.17 bits per heavy atom. The maximum atomic E-state index is 13.1. The molecule has 1 aliphatic heterocycles. The highest BCUT2D eigenvalue weighted by molar-refractivity contribution is 7.92. The van der Waals surface area contributed by atoms with Crippen molar-refractivity contribution in [1.29, 1.82) is 0 Å². The summed E-state index contributed by atoms with van der Waals surface area (Å²) >= 11 is 0. The zero-order valence-electron chi connectivity index (χ0n) is 17.6. The standard InChI is InChI=1S/C22H28N2O4S/c1-6-15-7-10-19(28-5)20(13-15)29(26,27)23-17-9-8-16-11-12-24(18(16)14-17)21(25)22(2,3)4/h7-10,13-14,23H,6,11-12H2,1-5H3. The van der Waals surface area contributed by atoms with Gasteiger partial charge in [-0.25, -0.2) is 8.42 Å². The van der Waals surface area contributed by atoms with Gasteiger partial charge in [-0.15, -0.1) is 0 Å². The van der Waals surface area contributed by atoms with Crippen LogP contribution >= 0.6 is 0 Å². The normalized spacial score (nSPS) is 13.9. The quantitative estimate of drug-likeness (QED) is 0.800. The molecule has 156 valence electrons. The second kappa shape index (κ2) is 7.71. The Hall–Kier alpha value is -2.54. The largest absolute Gasteiger partial charge is 0.495 e. The minimum Gasteiger partial charge on any atom is -0.495 e. The molecule has 6 nitrogen and oxygen atoms in total. The summed E-state index contributed by atoms with van der Waals surface area (Å²) in [5, 5.41) is 0. The van der Waals surface area contributed by atoms with Gasteiger partial charge >= 0.3 is 0 Å². The monoisotopic (exact) mass is 416 g/mol. The van der Waals surface area contributed by atoms with Crippen molar-refractivity contribution in [2.45, 2.75) is 45.4 Å². The van der Waals surface area contributed by atoms with Crippen molar-refractivity contribution in [3.63, 3.8) is 0 Å². The molecule has 1 N–H and O–H groups in total. The number of aryl methyl sites for hydroxylation is 1. The molecule has 1 aliphatic rings. The van der Waals surface area contributed by atoms with Crippen LogP contribution in [0.25, 0.3) is 0 Å². The van der Waals surface area contributed by atoms with E-state index in [0.717, 1.165) is 29.7 Å². The molecule has 0 atom stereocenters. The van der Waals surface area contributed by atoms with Crippen LogP contribution in [0.3, 0.4) is 0 Å². The summed E-state index contributed by atoms with van der Waals surface area (Å²) in [6, 6.07) is 10.5. The van der Waals surface area contributed by atoms with Crippen molar-refractivity contribution >= 4 is 27.3 Å². The summed E-state index contributed by atoms with van der Waals surface area (Å²) < 4.78 is 34.0. The molecule has 0 unspecified atom stereocenters. The average molecular weight is 417 g/mol. The van der Waals surface area contributed by atoms with Gasteiger partial charge in [0.1, 0.15) is 10.6 Å². The van der Waals surface area contributed by atoms with Gasteiger partial charge in [0.15, 0.2) is 0 Å². The van der Waals surface area contributed by atoms with Gasteiger partial charge in [-0.3, -0.25) is 9.52 Å². The van der Waals surface area contributed by atoms with Crippen molar-refractivity contribution < 1.29 is 17.9 Å². The third-order valence-electron chi connectivity index (χ3n) is 5.05. The number of hydrogen-bond donors (Lipinski definition) is 1. The van der Waals surface area contributed by atoms with Crippen LogP contribution in [0.15, 0.2) is 41.3 Å². The molecule has 0 saturated heterocycles. The van der Waals surface area contributed by atoms with Gasteiger partial charge in [-0.05, 0) is 48.2 Å². The van der Waals surface area contributed by atoms with Gasteiger partial charge in [0.25, 0.3) is 10.0 Å². The van der Waals surface area contributed by atoms with Crippen molar-refractivity contribution in [3.05, 3.63) is 47.5 Å². The van der Waals surface area contributed by atoms with Gasteiger partial charge in [0, 0.05) is 17.6 Å². The third kappa shape index (κ3) is 4.24. The zero-order chi connectivity index (χ0) is 21.4. The Bertz CT molecular complexity index is 1040. The summed E-state index contributed by atoms with van der Waals surface area (Å²) in [6.45, 7) is 8.22. The highest BCUT2D eigenvalue weighted by Gasteiger charge is 2.32. The Kier molecular flexibility index (Phi) is 5.63. The number of anilines is 2. The van der Waals surface area contributed by atoms with E-state index < -0.39 is 15.4 Å². The second-order valence-electron chi connectivity index (χ2n) is 8.24. The minimum absolute atomic E-state index is 0.0218. The molecule has 1 heterocycles. The second-order valence-corrected chi connectivity index (χ2v) is 9.90. The number of sulfonamides is 1. The molecule has 0 fully saturated rings. The predicted molar refractivity (Wildman–Crippen MR) is 115 cm³/mol. The molecule has 0 saturated carbocycles. The topological polar surface area (TPSA) is 75.7 Å². The van der Waals surface area contributed by atoms with Crippen LogP contribution in [0, 0.1) is 5.41 Å². The molecule has 0 bridgehead atoms. The lowest BCUT2D eigenvalue weighted by Crippen LogP contribution is -2.38. The fourth-order valence-electron chi connectivity index (χ4n) is 3.42. The first kappa shape index (κ1) is 21.2. The van der Waals surface area contributed by atoms with Crippen molar-refractivity contribution in [2.75, 3.05) is 23.3 Å². The molecule has 3 rings (SSSR count). The summed E-state index contributed by atoms with van der Waals surface area (Å²) in [5.74, 6) is 0.314. The number of amides is 1. The van der Waals surface area contributed by atoms with Crippen LogP contribution in [0.4, 0.5) is 11.4 Å². The van der Waals surface area contributed by atoms with Crippen LogP contribution in [0.5, 0.6) is 5.75 Å². The Morgan fingerprint density at radius 2 is 1.90 bits per heavy atom. The van der Waals surface area contributed by atoms with Gasteiger partial charge in [0.2, 0.25) is 5.91 Å². The summed E-state index contributed by atoms with van der Waals surface area (Å²) in [5.41, 5.74) is 2.62. The molecule has 0 aliphatic carbocycles. The Labute approximate surface area is 172 Å². The first-order valence-corrected chi connectivity index (χ1v) is 11.2. The Balaban J connectivity index is 1.95. The lowest BCUT2D eigenvalue weighted by Gasteiger charge is -2.26. The van der Waals surface area contributed by atoms with E-state index in [1.54, 1.807) is 29.2 Å². The van der Waals surface area contributed by atoms with E-state index in [-0.39, 0.29) is 10.8 Å². The third-order valence-corrected chi connectivity index (χ3v) is 6.45. The SMILES string of the molecule is CCc1ccc(OC)c(S(=O)(=O)Nc2ccc3c(c2)N(C(=O)C(C)(C)C)CC3)c1. The van der Waals surface area contributed by atoms with Crippen LogP contribution in [-0.2, 0) is 27.7 Å². The molecule has 2 aromatic rings. The number of ether oxygens (including phenoxy) is 1. The maximum Gasteiger partial charge on any atom is 0.265 e. The molecule has 29 heavy (non-hydrogen) atoms. The number of nitrogens with one attached hydrogen (secondary N) is 1. The molecule has 0 aromatic heterocycles. The van der Waals surface area contributed by atoms with Crippen LogP contribution in [0.2, 0.25) is 0 Å². The number of nitrogens with zero attached hydrogens (tertiary/aromatic N) is 1. The van der Waals surface area contributed by atoms with Crippen molar-refractivity contribution in [3.8, 4) is 5.75 Å². The molecular formula is C22H28N2O4S. The molecule has 2 aromatic carbocycles. The average Bonchev–Trinajstić information content (AvgIpc) is 3.08. The molecule has 7 heteroatoms. The van der Waals surface area contributed by atoms with E-state index in [1.165, 1.54) is 7.11 Å². The molecular weight excluding hydrogens is 388 g/mol. The van der Waals surface area contributed by atoms with Gasteiger partial charge in [-0.2, -0.15) is 0 Å². The minimum atomic E-state index is -3.85.